The molecule has 2 rings (SSSR count). The van der Waals surface area contributed by atoms with Crippen LogP contribution in [0.2, 0.25) is 0 Å². The zero-order valence-corrected chi connectivity index (χ0v) is 12.7. The number of carbonyl (C=O) groups is 1. The van der Waals surface area contributed by atoms with Crippen LogP contribution < -0.4 is 10.6 Å². The summed E-state index contributed by atoms with van der Waals surface area (Å²) >= 11 is 0. The molecule has 1 aliphatic rings. The second kappa shape index (κ2) is 7.38. The summed E-state index contributed by atoms with van der Waals surface area (Å²) in [6.45, 7) is 4.11. The first-order chi connectivity index (χ1) is 9.51. The van der Waals surface area contributed by atoms with E-state index in [1.165, 1.54) is 12.1 Å². The Balaban J connectivity index is 0.00000220. The number of amides is 1. The van der Waals surface area contributed by atoms with E-state index < -0.39 is 4.92 Å². The van der Waals surface area contributed by atoms with Crippen LogP contribution in [0, 0.1) is 15.5 Å². The highest BCUT2D eigenvalue weighted by molar-refractivity contribution is 5.85. The molecule has 116 valence electrons. The Kier molecular flexibility index (Phi) is 6.11. The quantitative estimate of drug-likeness (QED) is 0.640. The number of benzene rings is 1. The van der Waals surface area contributed by atoms with Gasteiger partial charge in [-0.2, -0.15) is 0 Å². The summed E-state index contributed by atoms with van der Waals surface area (Å²) in [6, 6.07) is 6.42. The number of carbonyl (C=O) groups excluding carboxylic acids is 1. The minimum atomic E-state index is -0.417. The summed E-state index contributed by atoms with van der Waals surface area (Å²) in [5.74, 6) is 0.0735. The van der Waals surface area contributed by atoms with Gasteiger partial charge in [-0.3, -0.25) is 14.9 Å². The Hall–Kier alpha value is -1.66. The molecule has 7 heteroatoms. The maximum atomic E-state index is 12.1. The fraction of sp³-hybridized carbons (Fsp3) is 0.500. The lowest BCUT2D eigenvalue weighted by atomic mass is 9.89. The molecule has 1 aromatic rings. The van der Waals surface area contributed by atoms with Gasteiger partial charge in [-0.05, 0) is 31.9 Å². The van der Waals surface area contributed by atoms with E-state index in [4.69, 9.17) is 0 Å². The lowest BCUT2D eigenvalue weighted by molar-refractivity contribution is -0.384. The van der Waals surface area contributed by atoms with Gasteiger partial charge in [-0.15, -0.1) is 12.4 Å². The number of hydrogen-bond donors (Lipinski definition) is 2. The molecule has 1 heterocycles. The summed E-state index contributed by atoms with van der Waals surface area (Å²) in [5.41, 5.74) is 0.753. The van der Waals surface area contributed by atoms with Gasteiger partial charge in [-0.25, -0.2) is 0 Å². The lowest BCUT2D eigenvalue weighted by Gasteiger charge is -2.21. The van der Waals surface area contributed by atoms with Gasteiger partial charge in [0.25, 0.3) is 5.69 Å². The van der Waals surface area contributed by atoms with Crippen molar-refractivity contribution in [3.63, 3.8) is 0 Å². The van der Waals surface area contributed by atoms with E-state index in [2.05, 4.69) is 10.6 Å². The summed E-state index contributed by atoms with van der Waals surface area (Å²) < 4.78 is 0. The first-order valence-corrected chi connectivity index (χ1v) is 6.74. The Morgan fingerprint density at radius 1 is 1.43 bits per heavy atom. The predicted octanol–water partition coefficient (Wildman–Crippen LogP) is 1.67. The molecule has 0 aliphatic carbocycles. The van der Waals surface area contributed by atoms with Crippen molar-refractivity contribution in [1.82, 2.24) is 10.6 Å². The van der Waals surface area contributed by atoms with E-state index in [1.807, 2.05) is 6.92 Å². The molecule has 1 aromatic carbocycles. The highest BCUT2D eigenvalue weighted by atomic mass is 35.5. The monoisotopic (exact) mass is 313 g/mol. The predicted molar refractivity (Wildman–Crippen MR) is 82.7 cm³/mol. The SMILES string of the molecule is CC1(C(=O)NCCc2ccc([N+](=O)[O-])cc2)CCNC1.Cl. The fourth-order valence-corrected chi connectivity index (χ4v) is 2.33. The molecule has 2 N–H and O–H groups in total. The van der Waals surface area contributed by atoms with E-state index in [1.54, 1.807) is 12.1 Å². The van der Waals surface area contributed by atoms with Crippen LogP contribution in [0.25, 0.3) is 0 Å². The molecule has 0 spiro atoms. The first kappa shape index (κ1) is 17.4. The Labute approximate surface area is 129 Å². The third-order valence-electron chi connectivity index (χ3n) is 3.76. The van der Waals surface area contributed by atoms with Gasteiger partial charge in [0.15, 0.2) is 0 Å². The number of nitro benzene ring substituents is 1. The smallest absolute Gasteiger partial charge is 0.269 e. The highest BCUT2D eigenvalue weighted by Crippen LogP contribution is 2.24. The molecule has 0 radical (unpaired) electrons. The number of hydrogen-bond acceptors (Lipinski definition) is 4. The van der Waals surface area contributed by atoms with Crippen LogP contribution in [0.4, 0.5) is 5.69 Å². The number of non-ortho nitro benzene ring substituents is 1. The number of nitro groups is 1. The van der Waals surface area contributed by atoms with Crippen molar-refractivity contribution in [2.24, 2.45) is 5.41 Å². The van der Waals surface area contributed by atoms with Gasteiger partial charge in [0.2, 0.25) is 5.91 Å². The van der Waals surface area contributed by atoms with Crippen LogP contribution in [0.15, 0.2) is 24.3 Å². The third kappa shape index (κ3) is 4.41. The Bertz CT molecular complexity index is 499. The molecule has 6 nitrogen and oxygen atoms in total. The Morgan fingerprint density at radius 3 is 2.62 bits per heavy atom. The maximum absolute atomic E-state index is 12.1. The minimum Gasteiger partial charge on any atom is -0.355 e. The largest absolute Gasteiger partial charge is 0.355 e. The normalized spacial score (nSPS) is 20.6. The van der Waals surface area contributed by atoms with Crippen molar-refractivity contribution >= 4 is 24.0 Å². The number of nitrogens with zero attached hydrogens (tertiary/aromatic N) is 1. The second-order valence-corrected chi connectivity index (χ2v) is 5.42. The summed E-state index contributed by atoms with van der Waals surface area (Å²) in [6.07, 6.45) is 1.53. The van der Waals surface area contributed by atoms with Crippen molar-refractivity contribution in [2.45, 2.75) is 19.8 Å². The lowest BCUT2D eigenvalue weighted by Crippen LogP contribution is -2.41. The molecule has 1 atom stereocenters. The van der Waals surface area contributed by atoms with E-state index in [0.29, 0.717) is 13.0 Å². The molecular formula is C14H20ClN3O3. The van der Waals surface area contributed by atoms with Crippen LogP contribution >= 0.6 is 12.4 Å². The molecular weight excluding hydrogens is 294 g/mol. The van der Waals surface area contributed by atoms with Crippen molar-refractivity contribution in [3.05, 3.63) is 39.9 Å². The third-order valence-corrected chi connectivity index (χ3v) is 3.76. The first-order valence-electron chi connectivity index (χ1n) is 6.74. The number of rotatable bonds is 5. The van der Waals surface area contributed by atoms with Crippen LogP contribution in [-0.2, 0) is 11.2 Å². The van der Waals surface area contributed by atoms with Crippen molar-refractivity contribution in [3.8, 4) is 0 Å². The zero-order chi connectivity index (χ0) is 14.6. The molecule has 1 fully saturated rings. The molecule has 1 saturated heterocycles. The standard InChI is InChI=1S/C14H19N3O3.ClH/c1-14(7-9-15-10-14)13(18)16-8-6-11-2-4-12(5-3-11)17(19)20;/h2-5,15H,6-10H2,1H3,(H,16,18);1H. The van der Waals surface area contributed by atoms with E-state index in [0.717, 1.165) is 25.1 Å². The summed E-state index contributed by atoms with van der Waals surface area (Å²) in [4.78, 5) is 22.2. The molecule has 21 heavy (non-hydrogen) atoms. The van der Waals surface area contributed by atoms with Gasteiger partial charge >= 0.3 is 0 Å². The van der Waals surface area contributed by atoms with E-state index in [9.17, 15) is 14.9 Å². The minimum absolute atomic E-state index is 0. The zero-order valence-electron chi connectivity index (χ0n) is 11.9. The number of halogens is 1. The average molecular weight is 314 g/mol. The van der Waals surface area contributed by atoms with Crippen molar-refractivity contribution in [2.75, 3.05) is 19.6 Å². The van der Waals surface area contributed by atoms with Gasteiger partial charge in [-0.1, -0.05) is 12.1 Å². The van der Waals surface area contributed by atoms with Gasteiger partial charge in [0, 0.05) is 25.2 Å². The maximum Gasteiger partial charge on any atom is 0.269 e. The van der Waals surface area contributed by atoms with Crippen LogP contribution in [0.5, 0.6) is 0 Å². The van der Waals surface area contributed by atoms with Gasteiger partial charge in [0.05, 0.1) is 10.3 Å². The molecule has 0 aromatic heterocycles. The van der Waals surface area contributed by atoms with Crippen molar-refractivity contribution in [1.29, 1.82) is 0 Å². The number of nitrogens with one attached hydrogen (secondary N) is 2. The van der Waals surface area contributed by atoms with Crippen LogP contribution in [-0.4, -0.2) is 30.5 Å². The molecule has 1 aliphatic heterocycles. The summed E-state index contributed by atoms with van der Waals surface area (Å²) in [5, 5.41) is 16.7. The topological polar surface area (TPSA) is 84.3 Å². The van der Waals surface area contributed by atoms with Crippen LogP contribution in [0.1, 0.15) is 18.9 Å². The average Bonchev–Trinajstić information content (AvgIpc) is 2.87. The Morgan fingerprint density at radius 2 is 2.10 bits per heavy atom. The summed E-state index contributed by atoms with van der Waals surface area (Å²) in [7, 11) is 0. The van der Waals surface area contributed by atoms with E-state index >= 15 is 0 Å². The molecule has 1 unspecified atom stereocenters. The second-order valence-electron chi connectivity index (χ2n) is 5.42. The van der Waals surface area contributed by atoms with Crippen molar-refractivity contribution < 1.29 is 9.72 Å². The van der Waals surface area contributed by atoms with Crippen LogP contribution in [0.3, 0.4) is 0 Å². The molecule has 0 bridgehead atoms. The van der Waals surface area contributed by atoms with Gasteiger partial charge < -0.3 is 10.6 Å². The fourth-order valence-electron chi connectivity index (χ4n) is 2.33. The molecule has 0 saturated carbocycles. The van der Waals surface area contributed by atoms with Gasteiger partial charge in [0.1, 0.15) is 0 Å². The van der Waals surface area contributed by atoms with E-state index in [-0.39, 0.29) is 29.4 Å². The molecule has 1 amide bonds. The highest BCUT2D eigenvalue weighted by Gasteiger charge is 2.35.